The average molecular weight is 503 g/mol. The number of aromatic nitrogens is 2. The Morgan fingerprint density at radius 3 is 2.54 bits per heavy atom. The number of aryl methyl sites for hydroxylation is 3. The van der Waals surface area contributed by atoms with E-state index in [9.17, 15) is 18.0 Å². The lowest BCUT2D eigenvalue weighted by Gasteiger charge is -2.33. The number of hydrogen-bond donors (Lipinski definition) is 4. The van der Waals surface area contributed by atoms with E-state index in [1.54, 1.807) is 6.07 Å². The van der Waals surface area contributed by atoms with E-state index in [1.807, 2.05) is 57.2 Å². The number of thiocarbonyl (C=S) groups is 1. The van der Waals surface area contributed by atoms with Gasteiger partial charge in [0.25, 0.3) is 5.91 Å². The highest BCUT2D eigenvalue weighted by Crippen LogP contribution is 2.43. The molecule has 0 fully saturated rings. The number of rotatable bonds is 3. The maximum Gasteiger partial charge on any atom is 0.410 e. The molecule has 1 aliphatic heterocycles. The molecule has 0 radical (unpaired) electrons. The fraction of sp³-hybridized carbons (Fsp3) is 0.292. The van der Waals surface area contributed by atoms with E-state index in [2.05, 4.69) is 26.6 Å². The number of carbonyl (C=O) groups excluding carboxylic acids is 1. The van der Waals surface area contributed by atoms with Gasteiger partial charge in [0.1, 0.15) is 5.82 Å². The lowest BCUT2D eigenvalue weighted by Crippen LogP contribution is -2.44. The molecule has 1 aromatic heterocycles. The van der Waals surface area contributed by atoms with E-state index in [0.717, 1.165) is 32.6 Å². The van der Waals surface area contributed by atoms with Crippen LogP contribution in [0.1, 0.15) is 51.2 Å². The van der Waals surface area contributed by atoms with Gasteiger partial charge in [-0.05, 0) is 67.4 Å². The van der Waals surface area contributed by atoms with Gasteiger partial charge in [0.15, 0.2) is 16.8 Å². The van der Waals surface area contributed by atoms with Gasteiger partial charge in [-0.1, -0.05) is 30.3 Å². The van der Waals surface area contributed by atoms with Crippen LogP contribution in [0.5, 0.6) is 0 Å². The summed E-state index contributed by atoms with van der Waals surface area (Å²) in [4.78, 5) is 12.6. The summed E-state index contributed by atoms with van der Waals surface area (Å²) in [6, 6.07) is 11.9. The zero-order valence-electron chi connectivity index (χ0n) is 19.3. The van der Waals surface area contributed by atoms with Crippen LogP contribution in [0, 0.1) is 20.8 Å². The number of hydrogen-bond acceptors (Lipinski definition) is 4. The molecule has 4 rings (SSSR count). The van der Waals surface area contributed by atoms with Crippen molar-refractivity contribution in [2.45, 2.75) is 45.5 Å². The molecule has 2 heterocycles. The number of hydrazine groups is 1. The van der Waals surface area contributed by atoms with Crippen molar-refractivity contribution in [3.05, 3.63) is 76.5 Å². The zero-order valence-corrected chi connectivity index (χ0v) is 20.1. The smallest absolute Gasteiger partial charge is 0.363 e. The van der Waals surface area contributed by atoms with Crippen LogP contribution >= 0.6 is 12.2 Å². The van der Waals surface area contributed by atoms with Crippen molar-refractivity contribution in [1.82, 2.24) is 20.6 Å². The monoisotopic (exact) mass is 502 g/mol. The van der Waals surface area contributed by atoms with E-state index in [0.29, 0.717) is 0 Å². The molecule has 3 aromatic rings. The number of halogens is 3. The first-order chi connectivity index (χ1) is 16.5. The van der Waals surface area contributed by atoms with Gasteiger partial charge in [-0.2, -0.15) is 18.3 Å². The highest BCUT2D eigenvalue weighted by atomic mass is 32.1. The fourth-order valence-corrected chi connectivity index (χ4v) is 4.12. The largest absolute Gasteiger partial charge is 0.410 e. The van der Waals surface area contributed by atoms with Crippen LogP contribution in [0.25, 0.3) is 0 Å². The van der Waals surface area contributed by atoms with Crippen LogP contribution < -0.4 is 21.5 Å². The first-order valence-corrected chi connectivity index (χ1v) is 11.4. The molecular weight excluding hydrogens is 477 g/mol. The minimum Gasteiger partial charge on any atom is -0.363 e. The van der Waals surface area contributed by atoms with Gasteiger partial charge in [-0.25, -0.2) is 4.68 Å². The summed E-state index contributed by atoms with van der Waals surface area (Å²) in [6.45, 7) is 5.79. The van der Waals surface area contributed by atoms with Crippen molar-refractivity contribution < 1.29 is 18.0 Å². The second-order valence-corrected chi connectivity index (χ2v) is 9.00. The number of nitrogens with zero attached hydrogens (tertiary/aromatic N) is 2. The standard InChI is InChI=1S/C24H25F3N6OS/c1-13-5-4-6-17(9-13)28-23(35)31-30-22(34)19-12-21-29-18(16-8-7-14(2)15(3)10-16)11-20(24(25,26)27)33(21)32-19/h4-10,12,18,20,29H,11H2,1-3H3,(H,30,34)(H2,28,31,35)/t18-,20+/m1/s1. The van der Waals surface area contributed by atoms with Gasteiger partial charge in [-0.15, -0.1) is 0 Å². The Kier molecular flexibility index (Phi) is 6.70. The Bertz CT molecular complexity index is 1270. The Labute approximate surface area is 206 Å². The van der Waals surface area contributed by atoms with Gasteiger partial charge >= 0.3 is 6.18 Å². The second-order valence-electron chi connectivity index (χ2n) is 8.60. The van der Waals surface area contributed by atoms with Crippen LogP contribution in [0.15, 0.2) is 48.5 Å². The van der Waals surface area contributed by atoms with Crippen molar-refractivity contribution in [2.75, 3.05) is 10.6 Å². The minimum absolute atomic E-state index is 0.118. The van der Waals surface area contributed by atoms with Crippen LogP contribution in [0.3, 0.4) is 0 Å². The topological polar surface area (TPSA) is 83.0 Å². The van der Waals surface area contributed by atoms with Gasteiger partial charge in [0.2, 0.25) is 0 Å². The third-order valence-corrected chi connectivity index (χ3v) is 6.13. The summed E-state index contributed by atoms with van der Waals surface area (Å²) in [5, 5.41) is 10.1. The second kappa shape index (κ2) is 9.57. The minimum atomic E-state index is -4.54. The number of anilines is 2. The lowest BCUT2D eigenvalue weighted by molar-refractivity contribution is -0.173. The summed E-state index contributed by atoms with van der Waals surface area (Å²) >= 11 is 5.17. The fourth-order valence-electron chi connectivity index (χ4n) is 3.95. The third kappa shape index (κ3) is 5.56. The van der Waals surface area contributed by atoms with Crippen molar-refractivity contribution in [1.29, 1.82) is 0 Å². The van der Waals surface area contributed by atoms with E-state index in [4.69, 9.17) is 12.2 Å². The number of carbonyl (C=O) groups is 1. The molecule has 0 bridgehead atoms. The summed E-state index contributed by atoms with van der Waals surface area (Å²) < 4.78 is 42.6. The first kappa shape index (κ1) is 24.5. The Morgan fingerprint density at radius 1 is 1.09 bits per heavy atom. The third-order valence-electron chi connectivity index (χ3n) is 5.92. The normalized spacial score (nSPS) is 17.2. The van der Waals surface area contributed by atoms with Crippen LogP contribution in [0.2, 0.25) is 0 Å². The van der Waals surface area contributed by atoms with Crippen molar-refractivity contribution >= 4 is 34.7 Å². The molecule has 0 aliphatic carbocycles. The van der Waals surface area contributed by atoms with E-state index in [-0.39, 0.29) is 23.0 Å². The molecule has 1 aliphatic rings. The lowest BCUT2D eigenvalue weighted by atomic mass is 9.94. The Morgan fingerprint density at radius 2 is 1.86 bits per heavy atom. The number of fused-ring (bicyclic) bond motifs is 1. The summed E-state index contributed by atoms with van der Waals surface area (Å²) in [5.74, 6) is -0.599. The highest BCUT2D eigenvalue weighted by Gasteiger charge is 2.46. The van der Waals surface area contributed by atoms with Crippen LogP contribution in [-0.2, 0) is 0 Å². The average Bonchev–Trinajstić information content (AvgIpc) is 3.22. The van der Waals surface area contributed by atoms with Gasteiger partial charge in [0.05, 0.1) is 6.04 Å². The summed E-state index contributed by atoms with van der Waals surface area (Å²) in [7, 11) is 0. The van der Waals surface area contributed by atoms with E-state index < -0.39 is 24.2 Å². The quantitative estimate of drug-likeness (QED) is 0.295. The maximum atomic E-state index is 13.9. The molecule has 2 aromatic carbocycles. The SMILES string of the molecule is Cc1cccc(NC(=S)NNC(=O)c2cc3n(n2)[C@H](C(F)(F)F)C[C@H](c2ccc(C)c(C)c2)N3)c1. The predicted molar refractivity (Wildman–Crippen MR) is 132 cm³/mol. The number of benzene rings is 2. The predicted octanol–water partition coefficient (Wildman–Crippen LogP) is 5.10. The molecule has 35 heavy (non-hydrogen) atoms. The van der Waals surface area contributed by atoms with E-state index in [1.165, 1.54) is 6.07 Å². The molecule has 0 saturated heterocycles. The molecular formula is C24H25F3N6OS. The number of nitrogens with one attached hydrogen (secondary N) is 4. The maximum absolute atomic E-state index is 13.9. The molecule has 0 unspecified atom stereocenters. The van der Waals surface area contributed by atoms with Crippen molar-refractivity contribution in [3.8, 4) is 0 Å². The van der Waals surface area contributed by atoms with Crippen LogP contribution in [0.4, 0.5) is 24.7 Å². The van der Waals surface area contributed by atoms with Crippen molar-refractivity contribution in [3.63, 3.8) is 0 Å². The molecule has 1 amide bonds. The Balaban J connectivity index is 1.49. The van der Waals surface area contributed by atoms with Gasteiger partial charge < -0.3 is 10.6 Å². The first-order valence-electron chi connectivity index (χ1n) is 10.9. The summed E-state index contributed by atoms with van der Waals surface area (Å²) in [5.41, 5.74) is 9.30. The van der Waals surface area contributed by atoms with Gasteiger partial charge in [0, 0.05) is 18.2 Å². The molecule has 4 N–H and O–H groups in total. The number of alkyl halides is 3. The van der Waals surface area contributed by atoms with Crippen LogP contribution in [-0.4, -0.2) is 27.0 Å². The zero-order chi connectivity index (χ0) is 25.3. The molecule has 11 heteroatoms. The molecule has 0 saturated carbocycles. The molecule has 184 valence electrons. The number of amides is 1. The molecule has 0 spiro atoms. The van der Waals surface area contributed by atoms with Crippen molar-refractivity contribution in [2.24, 2.45) is 0 Å². The van der Waals surface area contributed by atoms with E-state index >= 15 is 0 Å². The molecule has 7 nitrogen and oxygen atoms in total. The Hall–Kier alpha value is -3.60. The molecule has 2 atom stereocenters. The van der Waals surface area contributed by atoms with Gasteiger partial charge in [-0.3, -0.25) is 15.6 Å². The summed E-state index contributed by atoms with van der Waals surface area (Å²) in [6.07, 6.45) is -4.78. The highest BCUT2D eigenvalue weighted by molar-refractivity contribution is 7.80.